The van der Waals surface area contributed by atoms with Gasteiger partial charge in [-0.25, -0.2) is 4.98 Å². The lowest BCUT2D eigenvalue weighted by Crippen LogP contribution is -2.34. The Morgan fingerprint density at radius 1 is 1.29 bits per heavy atom. The fourth-order valence-electron chi connectivity index (χ4n) is 2.18. The van der Waals surface area contributed by atoms with Gasteiger partial charge in [0.25, 0.3) is 11.5 Å². The van der Waals surface area contributed by atoms with Crippen molar-refractivity contribution in [2.75, 3.05) is 7.05 Å². The average molecular weight is 325 g/mol. The SMILES string of the molecule is CC(c1ccon1)N(C)C(=O)c1cnc(-c2ccccn2)[nH]c1=O. The molecule has 3 aromatic rings. The number of carbonyl (C=O) groups excluding carboxylic acids is 1. The number of aromatic nitrogens is 4. The van der Waals surface area contributed by atoms with Gasteiger partial charge in [0.1, 0.15) is 23.2 Å². The van der Waals surface area contributed by atoms with Crippen LogP contribution in [-0.4, -0.2) is 38.0 Å². The molecule has 3 rings (SSSR count). The summed E-state index contributed by atoms with van der Waals surface area (Å²) in [6.45, 7) is 1.79. The van der Waals surface area contributed by atoms with E-state index in [1.165, 1.54) is 17.4 Å². The lowest BCUT2D eigenvalue weighted by Gasteiger charge is -2.22. The number of pyridine rings is 1. The molecule has 0 aromatic carbocycles. The quantitative estimate of drug-likeness (QED) is 0.782. The van der Waals surface area contributed by atoms with Crippen molar-refractivity contribution >= 4 is 5.91 Å². The van der Waals surface area contributed by atoms with Gasteiger partial charge in [-0.3, -0.25) is 14.6 Å². The summed E-state index contributed by atoms with van der Waals surface area (Å²) in [5.74, 6) is -0.142. The number of hydrogen-bond donors (Lipinski definition) is 1. The summed E-state index contributed by atoms with van der Waals surface area (Å²) in [4.78, 5) is 37.1. The van der Waals surface area contributed by atoms with Crippen LogP contribution in [-0.2, 0) is 0 Å². The van der Waals surface area contributed by atoms with Crippen LogP contribution in [0.25, 0.3) is 11.5 Å². The van der Waals surface area contributed by atoms with Gasteiger partial charge in [0.05, 0.1) is 6.04 Å². The van der Waals surface area contributed by atoms with Crippen molar-refractivity contribution in [1.82, 2.24) is 25.0 Å². The molecule has 0 aliphatic heterocycles. The standard InChI is InChI=1S/C16H15N5O3/c1-10(12-6-8-24-20-12)21(2)16(23)11-9-18-14(19-15(11)22)13-5-3-4-7-17-13/h3-10H,1-2H3,(H,18,19,22). The van der Waals surface area contributed by atoms with Gasteiger partial charge in [0.2, 0.25) is 0 Å². The summed E-state index contributed by atoms with van der Waals surface area (Å²) in [5.41, 5.74) is 0.556. The van der Waals surface area contributed by atoms with Crippen molar-refractivity contribution in [3.63, 3.8) is 0 Å². The molecular weight excluding hydrogens is 310 g/mol. The highest BCUT2D eigenvalue weighted by Gasteiger charge is 2.23. The van der Waals surface area contributed by atoms with Crippen LogP contribution in [0.2, 0.25) is 0 Å². The number of nitrogens with zero attached hydrogens (tertiary/aromatic N) is 4. The van der Waals surface area contributed by atoms with Crippen molar-refractivity contribution in [2.45, 2.75) is 13.0 Å². The van der Waals surface area contributed by atoms with Crippen molar-refractivity contribution in [1.29, 1.82) is 0 Å². The van der Waals surface area contributed by atoms with Crippen LogP contribution in [0.4, 0.5) is 0 Å². The van der Waals surface area contributed by atoms with Crippen molar-refractivity contribution in [3.8, 4) is 11.5 Å². The first-order valence-electron chi connectivity index (χ1n) is 7.26. The van der Waals surface area contributed by atoms with E-state index >= 15 is 0 Å². The van der Waals surface area contributed by atoms with E-state index < -0.39 is 11.5 Å². The number of carbonyl (C=O) groups is 1. The van der Waals surface area contributed by atoms with E-state index in [-0.39, 0.29) is 11.6 Å². The van der Waals surface area contributed by atoms with Crippen LogP contribution in [0.5, 0.6) is 0 Å². The lowest BCUT2D eigenvalue weighted by molar-refractivity contribution is 0.0735. The molecule has 0 spiro atoms. The molecule has 0 radical (unpaired) electrons. The molecule has 0 aliphatic carbocycles. The molecule has 0 aliphatic rings. The molecule has 3 aromatic heterocycles. The van der Waals surface area contributed by atoms with Crippen molar-refractivity contribution in [2.24, 2.45) is 0 Å². The van der Waals surface area contributed by atoms with Gasteiger partial charge in [0.15, 0.2) is 5.82 Å². The third kappa shape index (κ3) is 2.94. The minimum atomic E-state index is -0.519. The normalized spacial score (nSPS) is 11.9. The van der Waals surface area contributed by atoms with Gasteiger partial charge in [-0.2, -0.15) is 0 Å². The zero-order chi connectivity index (χ0) is 17.1. The maximum atomic E-state index is 12.5. The zero-order valence-corrected chi connectivity index (χ0v) is 13.1. The van der Waals surface area contributed by atoms with Crippen LogP contribution in [0.3, 0.4) is 0 Å². The Morgan fingerprint density at radius 2 is 2.12 bits per heavy atom. The second-order valence-electron chi connectivity index (χ2n) is 5.21. The fraction of sp³-hybridized carbons (Fsp3) is 0.188. The molecule has 0 saturated heterocycles. The van der Waals surface area contributed by atoms with Crippen molar-refractivity contribution < 1.29 is 9.32 Å². The van der Waals surface area contributed by atoms with Crippen LogP contribution in [0.15, 0.2) is 52.2 Å². The molecule has 24 heavy (non-hydrogen) atoms. The Kier molecular flexibility index (Phi) is 4.19. The van der Waals surface area contributed by atoms with E-state index in [9.17, 15) is 9.59 Å². The first-order chi connectivity index (χ1) is 11.6. The summed E-state index contributed by atoms with van der Waals surface area (Å²) >= 11 is 0. The Hall–Kier alpha value is -3.29. The van der Waals surface area contributed by atoms with Gasteiger partial charge in [0, 0.05) is 25.5 Å². The van der Waals surface area contributed by atoms with E-state index in [0.717, 1.165) is 0 Å². The van der Waals surface area contributed by atoms with E-state index in [4.69, 9.17) is 4.52 Å². The first kappa shape index (κ1) is 15.6. The van der Waals surface area contributed by atoms with Crippen LogP contribution in [0, 0.1) is 0 Å². The highest BCUT2D eigenvalue weighted by molar-refractivity contribution is 5.93. The molecule has 0 saturated carbocycles. The third-order valence-corrected chi connectivity index (χ3v) is 3.72. The minimum Gasteiger partial charge on any atom is -0.364 e. The van der Waals surface area contributed by atoms with Crippen LogP contribution < -0.4 is 5.56 Å². The number of hydrogen-bond acceptors (Lipinski definition) is 6. The molecule has 8 nitrogen and oxygen atoms in total. The smallest absolute Gasteiger partial charge is 0.264 e. The van der Waals surface area contributed by atoms with Gasteiger partial charge < -0.3 is 14.4 Å². The Labute approximate surface area is 137 Å². The number of H-pyrrole nitrogens is 1. The topological polar surface area (TPSA) is 105 Å². The molecule has 122 valence electrons. The Balaban J connectivity index is 1.87. The third-order valence-electron chi connectivity index (χ3n) is 3.72. The van der Waals surface area contributed by atoms with E-state index in [1.807, 2.05) is 0 Å². The van der Waals surface area contributed by atoms with Gasteiger partial charge in [-0.1, -0.05) is 11.2 Å². The molecule has 1 amide bonds. The predicted molar refractivity (Wildman–Crippen MR) is 85.1 cm³/mol. The first-order valence-corrected chi connectivity index (χ1v) is 7.26. The molecule has 1 atom stereocenters. The summed E-state index contributed by atoms with van der Waals surface area (Å²) in [7, 11) is 1.59. The van der Waals surface area contributed by atoms with Gasteiger partial charge >= 0.3 is 0 Å². The monoisotopic (exact) mass is 325 g/mol. The van der Waals surface area contributed by atoms with Gasteiger partial charge in [-0.15, -0.1) is 0 Å². The molecule has 1 unspecified atom stereocenters. The van der Waals surface area contributed by atoms with Crippen LogP contribution >= 0.6 is 0 Å². The molecular formula is C16H15N5O3. The molecule has 0 bridgehead atoms. The Morgan fingerprint density at radius 3 is 2.75 bits per heavy atom. The van der Waals surface area contributed by atoms with Crippen LogP contribution in [0.1, 0.15) is 29.0 Å². The minimum absolute atomic E-state index is 0.0486. The highest BCUT2D eigenvalue weighted by Crippen LogP contribution is 2.18. The van der Waals surface area contributed by atoms with E-state index in [2.05, 4.69) is 20.1 Å². The summed E-state index contributed by atoms with van der Waals surface area (Å²) in [5, 5.41) is 3.81. The highest BCUT2D eigenvalue weighted by atomic mass is 16.5. The van der Waals surface area contributed by atoms with E-state index in [1.54, 1.807) is 44.4 Å². The Bertz CT molecular complexity index is 890. The average Bonchev–Trinajstić information content (AvgIpc) is 3.15. The molecule has 0 fully saturated rings. The van der Waals surface area contributed by atoms with E-state index in [0.29, 0.717) is 17.2 Å². The largest absolute Gasteiger partial charge is 0.364 e. The number of rotatable bonds is 4. The lowest BCUT2D eigenvalue weighted by atomic mass is 10.2. The van der Waals surface area contributed by atoms with Crippen molar-refractivity contribution in [3.05, 3.63) is 64.5 Å². The maximum absolute atomic E-state index is 12.5. The zero-order valence-electron chi connectivity index (χ0n) is 13.1. The maximum Gasteiger partial charge on any atom is 0.264 e. The molecule has 3 heterocycles. The number of nitrogens with one attached hydrogen (secondary N) is 1. The second-order valence-corrected chi connectivity index (χ2v) is 5.21. The number of amides is 1. The fourth-order valence-corrected chi connectivity index (χ4v) is 2.18. The predicted octanol–water partition coefficient (Wildman–Crippen LogP) is 1.65. The number of aromatic amines is 1. The summed E-state index contributed by atoms with van der Waals surface area (Å²) in [6, 6.07) is 6.60. The second kappa shape index (κ2) is 6.45. The summed E-state index contributed by atoms with van der Waals surface area (Å²) < 4.78 is 4.78. The molecule has 8 heteroatoms. The summed E-state index contributed by atoms with van der Waals surface area (Å²) in [6.07, 6.45) is 4.29. The molecule has 1 N–H and O–H groups in total. The van der Waals surface area contributed by atoms with Gasteiger partial charge in [-0.05, 0) is 19.1 Å².